The molecule has 98 valence electrons. The number of nitrogen functional groups attached to an aromatic ring is 1. The predicted molar refractivity (Wildman–Crippen MR) is 70.9 cm³/mol. The SMILES string of the molecule is CC(C)C1CCCN1C(=O)c1cccnc1NN. The van der Waals surface area contributed by atoms with Crippen molar-refractivity contribution >= 4 is 11.7 Å². The molecule has 1 fully saturated rings. The van der Waals surface area contributed by atoms with Crippen LogP contribution in [0.15, 0.2) is 18.3 Å². The molecular formula is C13H20N4O. The predicted octanol–water partition coefficient (Wildman–Crippen LogP) is 1.63. The molecule has 3 N–H and O–H groups in total. The van der Waals surface area contributed by atoms with E-state index in [2.05, 4.69) is 24.3 Å². The van der Waals surface area contributed by atoms with Gasteiger partial charge in [-0.1, -0.05) is 13.8 Å². The maximum atomic E-state index is 12.5. The lowest BCUT2D eigenvalue weighted by molar-refractivity contribution is 0.0702. The average molecular weight is 248 g/mol. The van der Waals surface area contributed by atoms with Gasteiger partial charge in [-0.2, -0.15) is 0 Å². The number of likely N-dealkylation sites (tertiary alicyclic amines) is 1. The van der Waals surface area contributed by atoms with Gasteiger partial charge in [-0.3, -0.25) is 4.79 Å². The Morgan fingerprint density at radius 1 is 1.61 bits per heavy atom. The van der Waals surface area contributed by atoms with Crippen LogP contribution in [0.5, 0.6) is 0 Å². The Morgan fingerprint density at radius 3 is 3.06 bits per heavy atom. The first-order valence-electron chi connectivity index (χ1n) is 6.37. The van der Waals surface area contributed by atoms with Gasteiger partial charge in [-0.25, -0.2) is 10.8 Å². The third-order valence-electron chi connectivity index (χ3n) is 3.50. The van der Waals surface area contributed by atoms with E-state index in [1.54, 1.807) is 18.3 Å². The Labute approximate surface area is 107 Å². The minimum atomic E-state index is 0.0206. The standard InChI is InChI=1S/C13H20N4O/c1-9(2)11-6-4-8-17(11)13(18)10-5-3-7-15-12(10)16-14/h3,5,7,9,11H,4,6,8,14H2,1-2H3,(H,15,16). The Morgan fingerprint density at radius 2 is 2.39 bits per heavy atom. The van der Waals surface area contributed by atoms with E-state index in [1.807, 2.05) is 4.90 Å². The van der Waals surface area contributed by atoms with Gasteiger partial charge in [-0.05, 0) is 30.9 Å². The number of rotatable bonds is 3. The van der Waals surface area contributed by atoms with Gasteiger partial charge < -0.3 is 10.3 Å². The summed E-state index contributed by atoms with van der Waals surface area (Å²) in [5.74, 6) is 6.33. The number of nitrogens with one attached hydrogen (secondary N) is 1. The second-order valence-electron chi connectivity index (χ2n) is 5.00. The zero-order valence-corrected chi connectivity index (χ0v) is 10.9. The molecule has 0 bridgehead atoms. The second kappa shape index (κ2) is 5.35. The van der Waals surface area contributed by atoms with E-state index < -0.39 is 0 Å². The fourth-order valence-electron chi connectivity index (χ4n) is 2.59. The van der Waals surface area contributed by atoms with Crippen molar-refractivity contribution < 1.29 is 4.79 Å². The molecule has 1 saturated heterocycles. The molecule has 1 amide bonds. The van der Waals surface area contributed by atoms with Gasteiger partial charge in [0.25, 0.3) is 5.91 Å². The van der Waals surface area contributed by atoms with Crippen molar-refractivity contribution in [2.75, 3.05) is 12.0 Å². The number of carbonyl (C=O) groups is 1. The summed E-state index contributed by atoms with van der Waals surface area (Å²) in [5, 5.41) is 0. The second-order valence-corrected chi connectivity index (χ2v) is 5.00. The molecular weight excluding hydrogens is 228 g/mol. The minimum absolute atomic E-state index is 0.0206. The molecule has 1 aromatic rings. The maximum Gasteiger partial charge on any atom is 0.257 e. The summed E-state index contributed by atoms with van der Waals surface area (Å²) in [7, 11) is 0. The average Bonchev–Trinajstić information content (AvgIpc) is 2.87. The van der Waals surface area contributed by atoms with Crippen molar-refractivity contribution in [2.24, 2.45) is 11.8 Å². The van der Waals surface area contributed by atoms with Crippen LogP contribution in [0.3, 0.4) is 0 Å². The van der Waals surface area contributed by atoms with Crippen LogP contribution in [0.2, 0.25) is 0 Å². The highest BCUT2D eigenvalue weighted by Gasteiger charge is 2.32. The van der Waals surface area contributed by atoms with E-state index in [0.29, 0.717) is 23.3 Å². The number of hydrazine groups is 1. The number of aromatic nitrogens is 1. The van der Waals surface area contributed by atoms with Crippen LogP contribution in [-0.4, -0.2) is 28.4 Å². The van der Waals surface area contributed by atoms with Gasteiger partial charge in [0.2, 0.25) is 0 Å². The first kappa shape index (κ1) is 12.8. The third kappa shape index (κ3) is 2.31. The van der Waals surface area contributed by atoms with Gasteiger partial charge in [0.05, 0.1) is 5.56 Å². The third-order valence-corrected chi connectivity index (χ3v) is 3.50. The van der Waals surface area contributed by atoms with Crippen LogP contribution < -0.4 is 11.3 Å². The number of anilines is 1. The van der Waals surface area contributed by atoms with Crippen molar-refractivity contribution in [3.05, 3.63) is 23.9 Å². The summed E-state index contributed by atoms with van der Waals surface area (Å²) in [5.41, 5.74) is 3.03. The number of hydrogen-bond acceptors (Lipinski definition) is 4. The fraction of sp³-hybridized carbons (Fsp3) is 0.538. The molecule has 0 spiro atoms. The van der Waals surface area contributed by atoms with Crippen molar-refractivity contribution in [1.82, 2.24) is 9.88 Å². The fourth-order valence-corrected chi connectivity index (χ4v) is 2.59. The summed E-state index contributed by atoms with van der Waals surface area (Å²) in [6, 6.07) is 3.85. The van der Waals surface area contributed by atoms with Crippen LogP contribution in [0.4, 0.5) is 5.82 Å². The lowest BCUT2D eigenvalue weighted by Crippen LogP contribution is -2.39. The summed E-state index contributed by atoms with van der Waals surface area (Å²) in [4.78, 5) is 18.6. The number of nitrogens with zero attached hydrogens (tertiary/aromatic N) is 2. The van der Waals surface area contributed by atoms with Crippen molar-refractivity contribution in [2.45, 2.75) is 32.7 Å². The molecule has 1 unspecified atom stereocenters. The highest BCUT2D eigenvalue weighted by atomic mass is 16.2. The van der Waals surface area contributed by atoms with Gasteiger partial charge >= 0.3 is 0 Å². The first-order chi connectivity index (χ1) is 8.65. The first-order valence-corrected chi connectivity index (χ1v) is 6.37. The number of amides is 1. The molecule has 5 nitrogen and oxygen atoms in total. The van der Waals surface area contributed by atoms with E-state index in [0.717, 1.165) is 19.4 Å². The van der Waals surface area contributed by atoms with E-state index in [9.17, 15) is 4.79 Å². The molecule has 0 aliphatic carbocycles. The van der Waals surface area contributed by atoms with Crippen molar-refractivity contribution in [3.63, 3.8) is 0 Å². The summed E-state index contributed by atoms with van der Waals surface area (Å²) in [6.07, 6.45) is 3.77. The summed E-state index contributed by atoms with van der Waals surface area (Å²) in [6.45, 7) is 5.13. The monoisotopic (exact) mass is 248 g/mol. The van der Waals surface area contributed by atoms with Crippen LogP contribution in [0.1, 0.15) is 37.0 Å². The molecule has 18 heavy (non-hydrogen) atoms. The lowest BCUT2D eigenvalue weighted by atomic mass is 10.0. The van der Waals surface area contributed by atoms with Crippen LogP contribution in [0.25, 0.3) is 0 Å². The lowest BCUT2D eigenvalue weighted by Gasteiger charge is -2.28. The van der Waals surface area contributed by atoms with Crippen LogP contribution >= 0.6 is 0 Å². The Bertz CT molecular complexity index is 433. The largest absolute Gasteiger partial charge is 0.335 e. The minimum Gasteiger partial charge on any atom is -0.335 e. The maximum absolute atomic E-state index is 12.5. The zero-order chi connectivity index (χ0) is 13.1. The molecule has 1 aliphatic rings. The van der Waals surface area contributed by atoms with E-state index >= 15 is 0 Å². The van der Waals surface area contributed by atoms with Gasteiger partial charge in [0.1, 0.15) is 0 Å². The smallest absolute Gasteiger partial charge is 0.257 e. The van der Waals surface area contributed by atoms with E-state index in [-0.39, 0.29) is 5.91 Å². The molecule has 0 aromatic carbocycles. The van der Waals surface area contributed by atoms with Crippen molar-refractivity contribution in [1.29, 1.82) is 0 Å². The van der Waals surface area contributed by atoms with Crippen molar-refractivity contribution in [3.8, 4) is 0 Å². The number of nitrogens with two attached hydrogens (primary N) is 1. The van der Waals surface area contributed by atoms with Gasteiger partial charge in [0, 0.05) is 18.8 Å². The molecule has 1 aromatic heterocycles. The highest BCUT2D eigenvalue weighted by molar-refractivity contribution is 5.99. The molecule has 1 aliphatic heterocycles. The van der Waals surface area contributed by atoms with Gasteiger partial charge in [-0.15, -0.1) is 0 Å². The normalized spacial score (nSPS) is 19.3. The van der Waals surface area contributed by atoms with E-state index in [4.69, 9.17) is 5.84 Å². The summed E-state index contributed by atoms with van der Waals surface area (Å²) >= 11 is 0. The Hall–Kier alpha value is -1.62. The Balaban J connectivity index is 2.25. The van der Waals surface area contributed by atoms with Gasteiger partial charge in [0.15, 0.2) is 5.82 Å². The highest BCUT2D eigenvalue weighted by Crippen LogP contribution is 2.26. The number of pyridine rings is 1. The van der Waals surface area contributed by atoms with Crippen LogP contribution in [-0.2, 0) is 0 Å². The molecule has 2 rings (SSSR count). The molecule has 0 radical (unpaired) electrons. The molecule has 2 heterocycles. The van der Waals surface area contributed by atoms with E-state index in [1.165, 1.54) is 0 Å². The topological polar surface area (TPSA) is 71.2 Å². The zero-order valence-electron chi connectivity index (χ0n) is 10.9. The quantitative estimate of drug-likeness (QED) is 0.630. The molecule has 0 saturated carbocycles. The Kier molecular flexibility index (Phi) is 3.81. The number of carbonyl (C=O) groups excluding carboxylic acids is 1. The molecule has 1 atom stereocenters. The van der Waals surface area contributed by atoms with Crippen LogP contribution in [0, 0.1) is 5.92 Å². The molecule has 5 heteroatoms. The number of hydrogen-bond donors (Lipinski definition) is 2. The summed E-state index contributed by atoms with van der Waals surface area (Å²) < 4.78 is 0.